The molecule has 222 valence electrons. The molecule has 4 atom stereocenters. The van der Waals surface area contributed by atoms with Crippen LogP contribution in [0.5, 0.6) is 0 Å². The molecule has 0 bridgehead atoms. The number of halogens is 5. The Morgan fingerprint density at radius 3 is 2.44 bits per heavy atom. The van der Waals surface area contributed by atoms with Gasteiger partial charge in [-0.2, -0.15) is 0 Å². The first kappa shape index (κ1) is 28.2. The van der Waals surface area contributed by atoms with Crippen LogP contribution in [0.2, 0.25) is 10.0 Å². The van der Waals surface area contributed by atoms with Gasteiger partial charge in [0.05, 0.1) is 16.5 Å². The SMILES string of the molecule is O=C(O)c1ccc(N2C[C@H]3[C@@H](C2=O)[C@H](c2cccc(Cl)c2F)[C@]2(C(=O)Nc4cc(Cl)ccc42)N3CC2CC(F)(F)C2)cc1. The topological polar surface area (TPSA) is 90.0 Å². The highest BCUT2D eigenvalue weighted by atomic mass is 35.5. The van der Waals surface area contributed by atoms with Crippen LogP contribution in [0.25, 0.3) is 0 Å². The molecule has 0 unspecified atom stereocenters. The summed E-state index contributed by atoms with van der Waals surface area (Å²) in [5.74, 6) is -8.09. The van der Waals surface area contributed by atoms with Crippen molar-refractivity contribution in [2.45, 2.75) is 36.3 Å². The minimum Gasteiger partial charge on any atom is -0.478 e. The van der Waals surface area contributed by atoms with E-state index >= 15 is 4.39 Å². The molecular formula is C31H24Cl2F3N3O4. The minimum absolute atomic E-state index is 0.0406. The molecule has 3 aromatic rings. The average Bonchev–Trinajstić information content (AvgIpc) is 3.52. The summed E-state index contributed by atoms with van der Waals surface area (Å²) in [6, 6.07) is 14.4. The molecule has 43 heavy (non-hydrogen) atoms. The largest absolute Gasteiger partial charge is 0.478 e. The number of likely N-dealkylation sites (tertiary alicyclic amines) is 1. The Kier molecular flexibility index (Phi) is 6.36. The Hall–Kier alpha value is -3.60. The van der Waals surface area contributed by atoms with Crippen molar-refractivity contribution in [2.75, 3.05) is 23.3 Å². The van der Waals surface area contributed by atoms with Crippen LogP contribution in [0.1, 0.15) is 40.2 Å². The number of nitrogens with one attached hydrogen (secondary N) is 1. The second-order valence-electron chi connectivity index (χ2n) is 11.7. The molecule has 0 aromatic heterocycles. The minimum atomic E-state index is -2.82. The number of fused-ring (bicyclic) bond motifs is 3. The van der Waals surface area contributed by atoms with E-state index < -0.39 is 58.9 Å². The molecule has 1 spiro atoms. The number of carboxylic acids is 1. The van der Waals surface area contributed by atoms with Gasteiger partial charge in [0.1, 0.15) is 11.4 Å². The van der Waals surface area contributed by atoms with Crippen LogP contribution in [0.4, 0.5) is 24.5 Å². The van der Waals surface area contributed by atoms with E-state index in [1.54, 1.807) is 24.3 Å². The predicted octanol–water partition coefficient (Wildman–Crippen LogP) is 6.15. The van der Waals surface area contributed by atoms with Gasteiger partial charge in [-0.25, -0.2) is 18.0 Å². The van der Waals surface area contributed by atoms with Crippen molar-refractivity contribution < 1.29 is 32.7 Å². The molecule has 12 heteroatoms. The van der Waals surface area contributed by atoms with Crippen LogP contribution < -0.4 is 10.2 Å². The van der Waals surface area contributed by atoms with Crippen molar-refractivity contribution in [3.8, 4) is 0 Å². The fourth-order valence-electron chi connectivity index (χ4n) is 7.65. The Morgan fingerprint density at radius 2 is 1.77 bits per heavy atom. The van der Waals surface area contributed by atoms with Crippen molar-refractivity contribution in [2.24, 2.45) is 11.8 Å². The molecule has 4 aliphatic rings. The zero-order chi connectivity index (χ0) is 30.4. The lowest BCUT2D eigenvalue weighted by Crippen LogP contribution is -2.56. The van der Waals surface area contributed by atoms with E-state index in [4.69, 9.17) is 23.2 Å². The molecule has 2 saturated heterocycles. The summed E-state index contributed by atoms with van der Waals surface area (Å²) in [6.45, 7) is 0.152. The molecule has 3 aliphatic heterocycles. The molecule has 2 N–H and O–H groups in total. The number of carboxylic acid groups (broad SMARTS) is 1. The van der Waals surface area contributed by atoms with Crippen molar-refractivity contribution in [1.29, 1.82) is 0 Å². The quantitative estimate of drug-likeness (QED) is 0.353. The van der Waals surface area contributed by atoms with Crippen LogP contribution in [0.3, 0.4) is 0 Å². The number of aromatic carboxylic acids is 1. The summed E-state index contributed by atoms with van der Waals surface area (Å²) in [7, 11) is 0. The first-order valence-corrected chi connectivity index (χ1v) is 14.5. The zero-order valence-electron chi connectivity index (χ0n) is 22.4. The molecule has 7 rings (SSSR count). The number of carbonyl (C=O) groups excluding carboxylic acids is 2. The molecular weight excluding hydrogens is 606 g/mol. The van der Waals surface area contributed by atoms with Crippen LogP contribution in [-0.2, 0) is 15.1 Å². The third-order valence-corrected chi connectivity index (χ3v) is 9.88. The number of anilines is 2. The van der Waals surface area contributed by atoms with Gasteiger partial charge in [0.15, 0.2) is 0 Å². The normalized spacial score (nSPS) is 27.7. The molecule has 3 heterocycles. The van der Waals surface area contributed by atoms with E-state index in [0.717, 1.165) is 0 Å². The van der Waals surface area contributed by atoms with Gasteiger partial charge in [0.25, 0.3) is 0 Å². The van der Waals surface area contributed by atoms with Crippen molar-refractivity contribution in [3.63, 3.8) is 0 Å². The summed E-state index contributed by atoms with van der Waals surface area (Å²) in [5, 5.41) is 12.4. The number of alkyl halides is 2. The average molecular weight is 630 g/mol. The molecule has 3 aromatic carbocycles. The van der Waals surface area contributed by atoms with E-state index in [9.17, 15) is 28.3 Å². The molecule has 1 saturated carbocycles. The van der Waals surface area contributed by atoms with E-state index in [-0.39, 0.29) is 42.1 Å². The monoisotopic (exact) mass is 629 g/mol. The lowest BCUT2D eigenvalue weighted by molar-refractivity contribution is -0.136. The van der Waals surface area contributed by atoms with Gasteiger partial charge >= 0.3 is 5.97 Å². The number of nitrogens with zero attached hydrogens (tertiary/aromatic N) is 2. The third kappa shape index (κ3) is 4.10. The summed E-state index contributed by atoms with van der Waals surface area (Å²) in [6.07, 6.45) is -0.729. The second kappa shape index (κ2) is 9.70. The molecule has 3 fully saturated rings. The highest BCUT2D eigenvalue weighted by Gasteiger charge is 2.71. The Balaban J connectivity index is 1.42. The van der Waals surface area contributed by atoms with Crippen molar-refractivity contribution >= 4 is 52.4 Å². The van der Waals surface area contributed by atoms with Gasteiger partial charge in [-0.05, 0) is 53.9 Å². The fourth-order valence-corrected chi connectivity index (χ4v) is 8.00. The maximum Gasteiger partial charge on any atom is 0.335 e. The Labute approximate surface area is 254 Å². The van der Waals surface area contributed by atoms with Gasteiger partial charge in [-0.15, -0.1) is 0 Å². The van der Waals surface area contributed by atoms with E-state index in [2.05, 4.69) is 5.32 Å². The first-order chi connectivity index (χ1) is 20.4. The van der Waals surface area contributed by atoms with Crippen LogP contribution in [-0.4, -0.2) is 52.8 Å². The van der Waals surface area contributed by atoms with Gasteiger partial charge in [-0.3, -0.25) is 14.5 Å². The van der Waals surface area contributed by atoms with Gasteiger partial charge in [0.2, 0.25) is 17.7 Å². The van der Waals surface area contributed by atoms with Crippen molar-refractivity contribution in [1.82, 2.24) is 4.90 Å². The van der Waals surface area contributed by atoms with E-state index in [0.29, 0.717) is 22.0 Å². The lowest BCUT2D eigenvalue weighted by Gasteiger charge is -2.45. The van der Waals surface area contributed by atoms with Crippen molar-refractivity contribution in [3.05, 3.63) is 93.2 Å². The maximum absolute atomic E-state index is 16.0. The molecule has 1 aliphatic carbocycles. The number of hydrogen-bond acceptors (Lipinski definition) is 4. The standard InChI is InChI=1S/C31H24Cl2F3N3O4/c32-17-6-9-20-22(10-17)37-29(43)31(20)25(19-2-1-3-21(33)26(19)34)24-23(39(31)13-15-11-30(35,36)12-15)14-38(27(24)40)18-7-4-16(5-8-18)28(41)42/h1-10,15,23-25H,11-14H2,(H,37,43)(H,41,42)/t23-,24+,25-,31+/m0/s1. The van der Waals surface area contributed by atoms with Gasteiger partial charge < -0.3 is 15.3 Å². The lowest BCUT2D eigenvalue weighted by atomic mass is 9.71. The van der Waals surface area contributed by atoms with E-state index in [1.807, 2.05) is 4.90 Å². The first-order valence-electron chi connectivity index (χ1n) is 13.8. The number of amides is 2. The summed E-state index contributed by atoms with van der Waals surface area (Å²) < 4.78 is 44.1. The smallest absolute Gasteiger partial charge is 0.335 e. The van der Waals surface area contributed by atoms with Gasteiger partial charge in [0, 0.05) is 59.9 Å². The maximum atomic E-state index is 16.0. The number of hydrogen-bond donors (Lipinski definition) is 2. The molecule has 0 radical (unpaired) electrons. The number of benzene rings is 3. The number of carbonyl (C=O) groups is 3. The number of rotatable bonds is 5. The van der Waals surface area contributed by atoms with Crippen LogP contribution in [0.15, 0.2) is 60.7 Å². The molecule has 7 nitrogen and oxygen atoms in total. The summed E-state index contributed by atoms with van der Waals surface area (Å²) in [4.78, 5) is 43.4. The molecule has 2 amide bonds. The second-order valence-corrected chi connectivity index (χ2v) is 12.6. The zero-order valence-corrected chi connectivity index (χ0v) is 23.9. The highest BCUT2D eigenvalue weighted by molar-refractivity contribution is 6.31. The third-order valence-electron chi connectivity index (χ3n) is 9.36. The fraction of sp³-hybridized carbons (Fsp3) is 0.323. The Bertz CT molecular complexity index is 1700. The summed E-state index contributed by atoms with van der Waals surface area (Å²) >= 11 is 12.5. The Morgan fingerprint density at radius 1 is 1.05 bits per heavy atom. The highest BCUT2D eigenvalue weighted by Crippen LogP contribution is 2.62. The van der Waals surface area contributed by atoms with Gasteiger partial charge in [-0.1, -0.05) is 41.4 Å². The summed E-state index contributed by atoms with van der Waals surface area (Å²) in [5.41, 5.74) is -0.181. The van der Waals surface area contributed by atoms with Crippen LogP contribution in [0, 0.1) is 17.7 Å². The van der Waals surface area contributed by atoms with Crippen LogP contribution >= 0.6 is 23.2 Å². The predicted molar refractivity (Wildman–Crippen MR) is 153 cm³/mol. The van der Waals surface area contributed by atoms with E-state index in [1.165, 1.54) is 41.3 Å².